The summed E-state index contributed by atoms with van der Waals surface area (Å²) < 4.78 is 49.3. The van der Waals surface area contributed by atoms with E-state index < -0.39 is 22.9 Å². The highest BCUT2D eigenvalue weighted by molar-refractivity contribution is 9.10. The fourth-order valence-electron chi connectivity index (χ4n) is 0.741. The number of aliphatic imine (C=N–C) groups is 1. The normalized spacial score (nSPS) is 13.1. The number of hydrogen-bond acceptors (Lipinski definition) is 1. The number of hydrogen-bond donors (Lipinski definition) is 0. The largest absolute Gasteiger partial charge is 0.444 e. The first-order valence-corrected chi connectivity index (χ1v) is 4.74. The highest BCUT2D eigenvalue weighted by Crippen LogP contribution is 2.27. The maximum absolute atomic E-state index is 13.0. The molecule has 15 heavy (non-hydrogen) atoms. The van der Waals surface area contributed by atoms with Crippen molar-refractivity contribution in [1.82, 2.24) is 0 Å². The van der Waals surface area contributed by atoms with Crippen LogP contribution < -0.4 is 0 Å². The van der Waals surface area contributed by atoms with Crippen molar-refractivity contribution < 1.29 is 17.6 Å². The van der Waals surface area contributed by atoms with Crippen LogP contribution in [0.1, 0.15) is 0 Å². The van der Waals surface area contributed by atoms with Gasteiger partial charge in [0.05, 0.1) is 0 Å². The summed E-state index contributed by atoms with van der Waals surface area (Å²) in [5.74, 6) is -0.883. The van der Waals surface area contributed by atoms with Gasteiger partial charge >= 0.3 is 6.18 Å². The molecule has 0 radical (unpaired) electrons. The summed E-state index contributed by atoms with van der Waals surface area (Å²) in [7, 11) is 0. The first kappa shape index (κ1) is 12.4. The highest BCUT2D eigenvalue weighted by Gasteiger charge is 2.34. The van der Waals surface area contributed by atoms with Crippen LogP contribution in [0.15, 0.2) is 27.7 Å². The van der Waals surface area contributed by atoms with E-state index in [4.69, 9.17) is 11.6 Å². The Hall–Kier alpha value is -0.620. The molecule has 0 aliphatic heterocycles. The van der Waals surface area contributed by atoms with Crippen molar-refractivity contribution in [2.75, 3.05) is 0 Å². The smallest absolute Gasteiger partial charge is 0.229 e. The second-order valence-corrected chi connectivity index (χ2v) is 3.77. The van der Waals surface area contributed by atoms with Crippen LogP contribution in [-0.4, -0.2) is 11.3 Å². The van der Waals surface area contributed by atoms with Crippen molar-refractivity contribution in [3.63, 3.8) is 0 Å². The lowest BCUT2D eigenvalue weighted by Gasteiger charge is -2.03. The molecule has 0 fully saturated rings. The fourth-order valence-corrected chi connectivity index (χ4v) is 1.17. The molecule has 0 aromatic heterocycles. The third-order valence-corrected chi connectivity index (χ3v) is 2.15. The van der Waals surface area contributed by atoms with Gasteiger partial charge in [-0.25, -0.2) is 9.38 Å². The standard InChI is InChI=1S/C8H3BrClF4N/c9-4-1-2-6(5(11)3-4)15-7(10)8(12,13)14/h1-3H. The number of alkyl halides is 3. The predicted octanol–water partition coefficient (Wildman–Crippen LogP) is 4.42. The van der Waals surface area contributed by atoms with Crippen LogP contribution in [-0.2, 0) is 0 Å². The lowest BCUT2D eigenvalue weighted by molar-refractivity contribution is -0.0558. The molecule has 0 spiro atoms. The fraction of sp³-hybridized carbons (Fsp3) is 0.125. The van der Waals surface area contributed by atoms with Crippen molar-refractivity contribution in [3.8, 4) is 0 Å². The quantitative estimate of drug-likeness (QED) is 0.538. The van der Waals surface area contributed by atoms with E-state index in [0.717, 1.165) is 12.1 Å². The van der Waals surface area contributed by atoms with Crippen molar-refractivity contribution >= 4 is 38.4 Å². The van der Waals surface area contributed by atoms with Gasteiger partial charge in [-0.1, -0.05) is 27.5 Å². The van der Waals surface area contributed by atoms with E-state index in [2.05, 4.69) is 20.9 Å². The summed E-state index contributed by atoms with van der Waals surface area (Å²) in [6.07, 6.45) is -4.76. The number of nitrogens with zero attached hydrogens (tertiary/aromatic N) is 1. The van der Waals surface area contributed by atoms with Gasteiger partial charge in [0.1, 0.15) is 11.5 Å². The SMILES string of the molecule is Fc1cc(Br)ccc1N=C(Cl)C(F)(F)F. The number of benzene rings is 1. The highest BCUT2D eigenvalue weighted by atomic mass is 79.9. The molecule has 1 aromatic rings. The minimum absolute atomic E-state index is 0.405. The van der Waals surface area contributed by atoms with Gasteiger partial charge in [0.25, 0.3) is 0 Å². The second-order valence-electron chi connectivity index (χ2n) is 2.50. The van der Waals surface area contributed by atoms with Gasteiger partial charge in [-0.2, -0.15) is 13.2 Å². The van der Waals surface area contributed by atoms with E-state index in [0.29, 0.717) is 4.47 Å². The topological polar surface area (TPSA) is 12.4 Å². The molecule has 0 aliphatic rings. The molecule has 1 rings (SSSR count). The van der Waals surface area contributed by atoms with Gasteiger partial charge in [0, 0.05) is 4.47 Å². The van der Waals surface area contributed by atoms with E-state index >= 15 is 0 Å². The average molecular weight is 304 g/mol. The van der Waals surface area contributed by atoms with E-state index in [1.807, 2.05) is 0 Å². The van der Waals surface area contributed by atoms with Crippen molar-refractivity contribution in [3.05, 3.63) is 28.5 Å². The zero-order chi connectivity index (χ0) is 11.6. The summed E-state index contributed by atoms with van der Waals surface area (Å²) in [6, 6.07) is 3.45. The van der Waals surface area contributed by atoms with Crippen molar-refractivity contribution in [2.24, 2.45) is 4.99 Å². The maximum Gasteiger partial charge on any atom is 0.444 e. The molecule has 0 saturated heterocycles. The van der Waals surface area contributed by atoms with Crippen LogP contribution in [0, 0.1) is 5.82 Å². The Kier molecular flexibility index (Phi) is 3.72. The van der Waals surface area contributed by atoms with Crippen LogP contribution in [0.5, 0.6) is 0 Å². The first-order valence-electron chi connectivity index (χ1n) is 3.57. The minimum atomic E-state index is -4.76. The molecule has 0 atom stereocenters. The molecule has 0 saturated carbocycles. The maximum atomic E-state index is 13.0. The molecule has 0 bridgehead atoms. The third-order valence-electron chi connectivity index (χ3n) is 1.36. The molecule has 0 N–H and O–H groups in total. The minimum Gasteiger partial charge on any atom is -0.229 e. The molecule has 0 aliphatic carbocycles. The van der Waals surface area contributed by atoms with Gasteiger partial charge < -0.3 is 0 Å². The van der Waals surface area contributed by atoms with Gasteiger partial charge in [-0.3, -0.25) is 0 Å². The molecule has 0 heterocycles. The van der Waals surface area contributed by atoms with Gasteiger partial charge in [-0.05, 0) is 18.2 Å². The van der Waals surface area contributed by atoms with Crippen LogP contribution >= 0.6 is 27.5 Å². The van der Waals surface area contributed by atoms with Gasteiger partial charge in [-0.15, -0.1) is 0 Å². The van der Waals surface area contributed by atoms with Gasteiger partial charge in [0.15, 0.2) is 0 Å². The average Bonchev–Trinajstić information content (AvgIpc) is 2.08. The van der Waals surface area contributed by atoms with Gasteiger partial charge in [0.2, 0.25) is 5.17 Å². The Morgan fingerprint density at radius 3 is 2.40 bits per heavy atom. The van der Waals surface area contributed by atoms with Crippen molar-refractivity contribution in [1.29, 1.82) is 0 Å². The Labute approximate surface area is 95.9 Å². The lowest BCUT2D eigenvalue weighted by atomic mass is 10.3. The van der Waals surface area contributed by atoms with E-state index in [9.17, 15) is 17.6 Å². The predicted molar refractivity (Wildman–Crippen MR) is 53.1 cm³/mol. The summed E-state index contributed by atoms with van der Waals surface area (Å²) in [4.78, 5) is 2.93. The lowest BCUT2D eigenvalue weighted by Crippen LogP contribution is -2.16. The number of rotatable bonds is 1. The Morgan fingerprint density at radius 2 is 1.93 bits per heavy atom. The molecule has 1 aromatic carbocycles. The van der Waals surface area contributed by atoms with Crippen LogP contribution in [0.2, 0.25) is 0 Å². The molecule has 0 amide bonds. The molecular weight excluding hydrogens is 301 g/mol. The summed E-state index contributed by atoms with van der Waals surface area (Å²) in [6.45, 7) is 0. The molecule has 82 valence electrons. The van der Waals surface area contributed by atoms with Crippen LogP contribution in [0.3, 0.4) is 0 Å². The zero-order valence-corrected chi connectivity index (χ0v) is 9.29. The Morgan fingerprint density at radius 1 is 1.33 bits per heavy atom. The van der Waals surface area contributed by atoms with Crippen LogP contribution in [0.25, 0.3) is 0 Å². The van der Waals surface area contributed by atoms with E-state index in [1.54, 1.807) is 0 Å². The molecule has 1 nitrogen and oxygen atoms in total. The first-order chi connectivity index (χ1) is 6.80. The second kappa shape index (κ2) is 4.49. The Bertz CT molecular complexity index is 402. The monoisotopic (exact) mass is 303 g/mol. The molecule has 7 heteroatoms. The molecule has 0 unspecified atom stereocenters. The third kappa shape index (κ3) is 3.46. The van der Waals surface area contributed by atoms with Crippen molar-refractivity contribution in [2.45, 2.75) is 6.18 Å². The Balaban J connectivity index is 3.09. The summed E-state index contributed by atoms with van der Waals surface area (Å²) >= 11 is 7.81. The summed E-state index contributed by atoms with van der Waals surface area (Å²) in [5.41, 5.74) is -0.458. The molecular formula is C8H3BrClF4N. The number of halogens is 6. The van der Waals surface area contributed by atoms with E-state index in [1.165, 1.54) is 6.07 Å². The zero-order valence-electron chi connectivity index (χ0n) is 6.95. The summed E-state index contributed by atoms with van der Waals surface area (Å²) in [5, 5.41) is -1.61. The van der Waals surface area contributed by atoms with E-state index in [-0.39, 0.29) is 0 Å². The van der Waals surface area contributed by atoms with Crippen LogP contribution in [0.4, 0.5) is 23.2 Å².